The smallest absolute Gasteiger partial charge is 0.332 e. The quantitative estimate of drug-likeness (QED) is 0.324. The highest BCUT2D eigenvalue weighted by Gasteiger charge is 2.16. The lowest BCUT2D eigenvalue weighted by molar-refractivity contribution is -0.160. The number of rotatable bonds is 7. The van der Waals surface area contributed by atoms with Crippen molar-refractivity contribution >= 4 is 17.6 Å². The van der Waals surface area contributed by atoms with Gasteiger partial charge in [0.1, 0.15) is 12.2 Å². The second-order valence-corrected chi connectivity index (χ2v) is 6.42. The molecule has 0 amide bonds. The van der Waals surface area contributed by atoms with E-state index in [4.69, 9.17) is 15.0 Å². The van der Waals surface area contributed by atoms with E-state index in [9.17, 15) is 9.59 Å². The molecule has 0 aliphatic heterocycles. The number of benzene rings is 1. The molecule has 0 bridgehead atoms. The SMILES string of the molecule is COC(=O)Cc1cc(COCC(=O)OC(C)(C)C)c(C)c(N=[N+]=[N-])c1. The predicted molar refractivity (Wildman–Crippen MR) is 91.2 cm³/mol. The van der Waals surface area contributed by atoms with E-state index in [1.165, 1.54) is 7.11 Å². The van der Waals surface area contributed by atoms with E-state index >= 15 is 0 Å². The monoisotopic (exact) mass is 349 g/mol. The predicted octanol–water partition coefficient (Wildman–Crippen LogP) is 3.51. The lowest BCUT2D eigenvalue weighted by atomic mass is 10.0. The summed E-state index contributed by atoms with van der Waals surface area (Å²) in [6.45, 7) is 7.02. The second-order valence-electron chi connectivity index (χ2n) is 6.42. The van der Waals surface area contributed by atoms with Crippen molar-refractivity contribution in [2.24, 2.45) is 5.11 Å². The van der Waals surface area contributed by atoms with Gasteiger partial charge >= 0.3 is 11.9 Å². The Morgan fingerprint density at radius 3 is 2.48 bits per heavy atom. The normalized spacial score (nSPS) is 10.8. The molecule has 1 rings (SSSR count). The van der Waals surface area contributed by atoms with E-state index in [0.29, 0.717) is 16.8 Å². The van der Waals surface area contributed by atoms with Crippen LogP contribution < -0.4 is 0 Å². The summed E-state index contributed by atoms with van der Waals surface area (Å²) in [5.41, 5.74) is 10.6. The number of nitrogens with zero attached hydrogens (tertiary/aromatic N) is 3. The summed E-state index contributed by atoms with van der Waals surface area (Å²) in [6.07, 6.45) is 0.0454. The van der Waals surface area contributed by atoms with Gasteiger partial charge in [-0.2, -0.15) is 0 Å². The molecule has 0 unspecified atom stereocenters. The van der Waals surface area contributed by atoms with Crippen molar-refractivity contribution in [1.82, 2.24) is 0 Å². The van der Waals surface area contributed by atoms with E-state index in [0.717, 1.165) is 5.56 Å². The fourth-order valence-corrected chi connectivity index (χ4v) is 2.08. The Balaban J connectivity index is 2.88. The molecule has 0 heterocycles. The first kappa shape index (κ1) is 20.5. The van der Waals surface area contributed by atoms with Crippen molar-refractivity contribution in [3.8, 4) is 0 Å². The Morgan fingerprint density at radius 1 is 1.24 bits per heavy atom. The third-order valence-electron chi connectivity index (χ3n) is 3.17. The average molecular weight is 349 g/mol. The number of hydrogen-bond acceptors (Lipinski definition) is 6. The van der Waals surface area contributed by atoms with Gasteiger partial charge < -0.3 is 14.2 Å². The van der Waals surface area contributed by atoms with Crippen LogP contribution in [0.2, 0.25) is 0 Å². The van der Waals surface area contributed by atoms with Crippen LogP contribution in [0.3, 0.4) is 0 Å². The minimum atomic E-state index is -0.578. The molecular formula is C17H23N3O5. The zero-order valence-electron chi connectivity index (χ0n) is 15.2. The molecule has 0 radical (unpaired) electrons. The molecule has 1 aromatic carbocycles. The summed E-state index contributed by atoms with van der Waals surface area (Å²) < 4.78 is 15.2. The van der Waals surface area contributed by atoms with Gasteiger partial charge in [0.15, 0.2) is 0 Å². The molecule has 0 spiro atoms. The number of carbonyl (C=O) groups is 2. The van der Waals surface area contributed by atoms with Gasteiger partial charge in [0.2, 0.25) is 0 Å². The first-order chi connectivity index (χ1) is 11.7. The van der Waals surface area contributed by atoms with Crippen molar-refractivity contribution in [2.75, 3.05) is 13.7 Å². The second kappa shape index (κ2) is 9.05. The third kappa shape index (κ3) is 7.24. The summed E-state index contributed by atoms with van der Waals surface area (Å²) in [6, 6.07) is 3.39. The summed E-state index contributed by atoms with van der Waals surface area (Å²) in [7, 11) is 1.30. The van der Waals surface area contributed by atoms with Gasteiger partial charge in [-0.15, -0.1) is 0 Å². The minimum Gasteiger partial charge on any atom is -0.469 e. The molecule has 0 saturated heterocycles. The zero-order chi connectivity index (χ0) is 19.0. The first-order valence-electron chi connectivity index (χ1n) is 7.70. The fourth-order valence-electron chi connectivity index (χ4n) is 2.08. The number of azide groups is 1. The minimum absolute atomic E-state index is 0.0454. The van der Waals surface area contributed by atoms with Crippen molar-refractivity contribution in [3.63, 3.8) is 0 Å². The van der Waals surface area contributed by atoms with Crippen LogP contribution in [0.4, 0.5) is 5.69 Å². The highest BCUT2D eigenvalue weighted by atomic mass is 16.6. The van der Waals surface area contributed by atoms with Crippen molar-refractivity contribution in [3.05, 3.63) is 39.3 Å². The maximum Gasteiger partial charge on any atom is 0.332 e. The van der Waals surface area contributed by atoms with Crippen molar-refractivity contribution in [2.45, 2.75) is 46.3 Å². The van der Waals surface area contributed by atoms with Crippen molar-refractivity contribution < 1.29 is 23.8 Å². The Kier molecular flexibility index (Phi) is 7.42. The fraction of sp³-hybridized carbons (Fsp3) is 0.529. The maximum absolute atomic E-state index is 11.7. The topological polar surface area (TPSA) is 111 Å². The summed E-state index contributed by atoms with van der Waals surface area (Å²) in [5.74, 6) is -0.873. The molecule has 0 saturated carbocycles. The molecule has 0 N–H and O–H groups in total. The Labute approximate surface area is 146 Å². The molecule has 0 fully saturated rings. The van der Waals surface area contributed by atoms with Crippen LogP contribution in [0.5, 0.6) is 0 Å². The van der Waals surface area contributed by atoms with E-state index in [2.05, 4.69) is 14.8 Å². The third-order valence-corrected chi connectivity index (χ3v) is 3.17. The lowest BCUT2D eigenvalue weighted by Crippen LogP contribution is -2.26. The number of carbonyl (C=O) groups excluding carboxylic acids is 2. The van der Waals surface area contributed by atoms with E-state index in [1.807, 2.05) is 0 Å². The van der Waals surface area contributed by atoms with Crippen LogP contribution in [-0.4, -0.2) is 31.3 Å². The van der Waals surface area contributed by atoms with Crippen LogP contribution in [0.15, 0.2) is 17.2 Å². The largest absolute Gasteiger partial charge is 0.469 e. The van der Waals surface area contributed by atoms with Gasteiger partial charge in [0.05, 0.1) is 20.1 Å². The van der Waals surface area contributed by atoms with E-state index in [-0.39, 0.29) is 19.6 Å². The molecule has 0 aliphatic rings. The Hall–Kier alpha value is -2.57. The van der Waals surface area contributed by atoms with Crippen molar-refractivity contribution in [1.29, 1.82) is 0 Å². The van der Waals surface area contributed by atoms with Crippen LogP contribution in [0.25, 0.3) is 10.4 Å². The summed E-state index contributed by atoms with van der Waals surface area (Å²) >= 11 is 0. The maximum atomic E-state index is 11.7. The number of methoxy groups -OCH3 is 1. The zero-order valence-corrected chi connectivity index (χ0v) is 15.2. The molecule has 1 aromatic rings. The van der Waals surface area contributed by atoms with Gasteiger partial charge in [-0.3, -0.25) is 4.79 Å². The summed E-state index contributed by atoms with van der Waals surface area (Å²) in [4.78, 5) is 25.9. The first-order valence-corrected chi connectivity index (χ1v) is 7.70. The number of ether oxygens (including phenoxy) is 3. The van der Waals surface area contributed by atoms with E-state index < -0.39 is 17.5 Å². The van der Waals surface area contributed by atoms with Gasteiger partial charge in [0.25, 0.3) is 0 Å². The van der Waals surface area contributed by atoms with Crippen LogP contribution in [0, 0.1) is 6.92 Å². The molecule has 0 aromatic heterocycles. The molecule has 0 aliphatic carbocycles. The molecule has 25 heavy (non-hydrogen) atoms. The highest BCUT2D eigenvalue weighted by molar-refractivity contribution is 5.73. The Morgan fingerprint density at radius 2 is 1.92 bits per heavy atom. The standard InChI is InChI=1S/C17H23N3O5/c1-11-13(9-24-10-16(22)25-17(2,3)4)6-12(8-15(21)23-5)7-14(11)19-20-18/h6-7H,8-10H2,1-5H3. The molecular weight excluding hydrogens is 326 g/mol. The molecule has 0 atom stereocenters. The Bertz CT molecular complexity index is 688. The van der Waals surface area contributed by atoms with Gasteiger partial charge in [0, 0.05) is 10.6 Å². The molecule has 8 heteroatoms. The molecule has 136 valence electrons. The average Bonchev–Trinajstić information content (AvgIpc) is 2.49. The van der Waals surface area contributed by atoms with Gasteiger partial charge in [-0.05, 0) is 56.0 Å². The highest BCUT2D eigenvalue weighted by Crippen LogP contribution is 2.26. The van der Waals surface area contributed by atoms with E-state index in [1.54, 1.807) is 39.8 Å². The van der Waals surface area contributed by atoms with Crippen LogP contribution in [-0.2, 0) is 36.8 Å². The number of esters is 2. The lowest BCUT2D eigenvalue weighted by Gasteiger charge is -2.19. The van der Waals surface area contributed by atoms with Gasteiger partial charge in [-0.25, -0.2) is 4.79 Å². The molecule has 8 nitrogen and oxygen atoms in total. The van der Waals surface area contributed by atoms with Crippen LogP contribution >= 0.6 is 0 Å². The number of hydrogen-bond donors (Lipinski definition) is 0. The summed E-state index contributed by atoms with van der Waals surface area (Å²) in [5, 5.41) is 3.63. The van der Waals surface area contributed by atoms with Crippen LogP contribution in [0.1, 0.15) is 37.5 Å². The van der Waals surface area contributed by atoms with Gasteiger partial charge in [-0.1, -0.05) is 11.2 Å².